The summed E-state index contributed by atoms with van der Waals surface area (Å²) in [5, 5.41) is 2.90. The van der Waals surface area contributed by atoms with E-state index in [1.54, 1.807) is 37.3 Å². The van der Waals surface area contributed by atoms with Crippen molar-refractivity contribution in [3.63, 3.8) is 0 Å². The number of aryl methyl sites for hydroxylation is 1. The number of benzene rings is 2. The van der Waals surface area contributed by atoms with Crippen LogP contribution in [-0.4, -0.2) is 27.4 Å². The van der Waals surface area contributed by atoms with Crippen molar-refractivity contribution >= 4 is 49.1 Å². The fourth-order valence-corrected chi connectivity index (χ4v) is 4.96. The molecule has 126 valence electrons. The van der Waals surface area contributed by atoms with E-state index >= 15 is 0 Å². The fraction of sp³-hybridized carbons (Fsp3) is 0.188. The molecule has 1 amide bonds. The third kappa shape index (κ3) is 2.92. The molecule has 1 heterocycles. The lowest BCUT2D eigenvalue weighted by atomic mass is 10.1. The lowest BCUT2D eigenvalue weighted by Gasteiger charge is -2.24. The van der Waals surface area contributed by atoms with Gasteiger partial charge in [-0.05, 0) is 36.8 Å². The zero-order chi connectivity index (χ0) is 17.5. The minimum Gasteiger partial charge on any atom is -0.350 e. The molecule has 0 spiro atoms. The van der Waals surface area contributed by atoms with Gasteiger partial charge in [0.15, 0.2) is 0 Å². The molecule has 0 aromatic heterocycles. The Hall–Kier alpha value is -1.57. The van der Waals surface area contributed by atoms with Crippen molar-refractivity contribution in [1.29, 1.82) is 0 Å². The maximum absolute atomic E-state index is 13.2. The van der Waals surface area contributed by atoms with Crippen LogP contribution in [0, 0.1) is 6.92 Å². The first-order chi connectivity index (χ1) is 11.3. The molecule has 1 N–H and O–H groups in total. The second kappa shape index (κ2) is 6.38. The first-order valence-electron chi connectivity index (χ1n) is 7.18. The highest BCUT2D eigenvalue weighted by molar-refractivity contribution is 9.10. The number of nitrogens with zero attached hydrogens (tertiary/aromatic N) is 1. The number of fused-ring (bicyclic) bond motifs is 1. The highest BCUT2D eigenvalue weighted by atomic mass is 79.9. The third-order valence-corrected chi connectivity index (χ3v) is 6.76. The maximum Gasteiger partial charge on any atom is 0.265 e. The van der Waals surface area contributed by atoms with Gasteiger partial charge in [0.1, 0.15) is 4.90 Å². The molecule has 24 heavy (non-hydrogen) atoms. The number of rotatable bonds is 2. The van der Waals surface area contributed by atoms with E-state index in [2.05, 4.69) is 21.2 Å². The van der Waals surface area contributed by atoms with E-state index in [4.69, 9.17) is 11.6 Å². The van der Waals surface area contributed by atoms with Crippen LogP contribution < -0.4 is 9.62 Å². The molecule has 2 aromatic carbocycles. The van der Waals surface area contributed by atoms with Gasteiger partial charge in [-0.2, -0.15) is 0 Å². The summed E-state index contributed by atoms with van der Waals surface area (Å²) in [5.41, 5.74) is 1.32. The van der Waals surface area contributed by atoms with Gasteiger partial charge in [0.05, 0.1) is 22.8 Å². The van der Waals surface area contributed by atoms with E-state index < -0.39 is 10.0 Å². The van der Waals surface area contributed by atoms with Crippen molar-refractivity contribution in [3.05, 3.63) is 57.0 Å². The average molecular weight is 430 g/mol. The number of hydrogen-bond donors (Lipinski definition) is 1. The van der Waals surface area contributed by atoms with Crippen LogP contribution in [0.15, 0.2) is 45.8 Å². The van der Waals surface area contributed by atoms with Gasteiger partial charge in [-0.15, -0.1) is 0 Å². The first-order valence-corrected chi connectivity index (χ1v) is 9.79. The minimum atomic E-state index is -3.90. The predicted octanol–water partition coefficient (Wildman–Crippen LogP) is 3.35. The molecule has 0 atom stereocenters. The van der Waals surface area contributed by atoms with Gasteiger partial charge in [0.2, 0.25) is 0 Å². The Morgan fingerprint density at radius 3 is 2.75 bits per heavy atom. The van der Waals surface area contributed by atoms with Gasteiger partial charge >= 0.3 is 0 Å². The SMILES string of the molecule is Cc1cccc(S(=O)(=O)N2CCNC(=O)c3ccc(Br)cc32)c1Cl. The smallest absolute Gasteiger partial charge is 0.265 e. The second-order valence-corrected chi connectivity index (χ2v) is 8.51. The van der Waals surface area contributed by atoms with Crippen molar-refractivity contribution in [2.75, 3.05) is 17.4 Å². The van der Waals surface area contributed by atoms with Gasteiger partial charge in [-0.1, -0.05) is 39.7 Å². The van der Waals surface area contributed by atoms with E-state index in [1.807, 2.05) is 0 Å². The molecule has 2 aromatic rings. The number of nitrogens with one attached hydrogen (secondary N) is 1. The molecule has 1 aliphatic heterocycles. The molecule has 0 unspecified atom stereocenters. The van der Waals surface area contributed by atoms with Gasteiger partial charge in [0.25, 0.3) is 15.9 Å². The Bertz CT molecular complexity index is 931. The Kier molecular flexibility index (Phi) is 4.59. The van der Waals surface area contributed by atoms with Crippen molar-refractivity contribution < 1.29 is 13.2 Å². The maximum atomic E-state index is 13.2. The number of sulfonamides is 1. The van der Waals surface area contributed by atoms with Crippen LogP contribution in [0.5, 0.6) is 0 Å². The van der Waals surface area contributed by atoms with E-state index in [1.165, 1.54) is 10.4 Å². The van der Waals surface area contributed by atoms with E-state index in [9.17, 15) is 13.2 Å². The number of carbonyl (C=O) groups excluding carboxylic acids is 1. The van der Waals surface area contributed by atoms with Gasteiger partial charge in [-0.3, -0.25) is 9.10 Å². The largest absolute Gasteiger partial charge is 0.350 e. The summed E-state index contributed by atoms with van der Waals surface area (Å²) in [7, 11) is -3.90. The van der Waals surface area contributed by atoms with E-state index in [0.29, 0.717) is 21.3 Å². The molecule has 0 fully saturated rings. The summed E-state index contributed by atoms with van der Waals surface area (Å²) in [6.07, 6.45) is 0. The topological polar surface area (TPSA) is 66.5 Å². The van der Waals surface area contributed by atoms with E-state index in [0.717, 1.165) is 0 Å². The molecular weight excluding hydrogens is 416 g/mol. The third-order valence-electron chi connectivity index (χ3n) is 3.80. The number of halogens is 2. The lowest BCUT2D eigenvalue weighted by molar-refractivity contribution is 0.0958. The molecule has 0 saturated carbocycles. The van der Waals surface area contributed by atoms with Crippen molar-refractivity contribution in [3.8, 4) is 0 Å². The zero-order valence-electron chi connectivity index (χ0n) is 12.7. The van der Waals surface area contributed by atoms with Crippen molar-refractivity contribution in [1.82, 2.24) is 5.32 Å². The highest BCUT2D eigenvalue weighted by Gasteiger charge is 2.32. The molecule has 0 radical (unpaired) electrons. The van der Waals surface area contributed by atoms with E-state index in [-0.39, 0.29) is 28.9 Å². The highest BCUT2D eigenvalue weighted by Crippen LogP contribution is 2.34. The number of hydrogen-bond acceptors (Lipinski definition) is 3. The summed E-state index contributed by atoms with van der Waals surface area (Å²) < 4.78 is 28.3. The summed E-state index contributed by atoms with van der Waals surface area (Å²) in [6.45, 7) is 2.09. The summed E-state index contributed by atoms with van der Waals surface area (Å²) >= 11 is 9.56. The first kappa shape index (κ1) is 17.3. The van der Waals surface area contributed by atoms with Crippen LogP contribution in [0.4, 0.5) is 5.69 Å². The average Bonchev–Trinajstić information content (AvgIpc) is 2.69. The fourth-order valence-electron chi connectivity index (χ4n) is 2.58. The van der Waals surface area contributed by atoms with Crippen molar-refractivity contribution in [2.24, 2.45) is 0 Å². The molecular formula is C16H14BrClN2O3S. The van der Waals surface area contributed by atoms with Gasteiger partial charge in [-0.25, -0.2) is 8.42 Å². The number of amides is 1. The number of carbonyl (C=O) groups is 1. The minimum absolute atomic E-state index is 0.0319. The lowest BCUT2D eigenvalue weighted by Crippen LogP contribution is -2.35. The zero-order valence-corrected chi connectivity index (χ0v) is 15.9. The van der Waals surface area contributed by atoms with Crippen LogP contribution in [0.2, 0.25) is 5.02 Å². The van der Waals surface area contributed by atoms with Crippen LogP contribution in [-0.2, 0) is 10.0 Å². The molecule has 0 aliphatic carbocycles. The Morgan fingerprint density at radius 1 is 1.25 bits per heavy atom. The van der Waals surface area contributed by atoms with Crippen LogP contribution in [0.3, 0.4) is 0 Å². The van der Waals surface area contributed by atoms with Crippen LogP contribution in [0.1, 0.15) is 15.9 Å². The summed E-state index contributed by atoms with van der Waals surface area (Å²) in [6, 6.07) is 9.80. The Morgan fingerprint density at radius 2 is 2.00 bits per heavy atom. The molecule has 8 heteroatoms. The Balaban J connectivity index is 2.21. The molecule has 5 nitrogen and oxygen atoms in total. The summed E-state index contributed by atoms with van der Waals surface area (Å²) in [4.78, 5) is 12.2. The predicted molar refractivity (Wildman–Crippen MR) is 97.2 cm³/mol. The quantitative estimate of drug-likeness (QED) is 0.796. The van der Waals surface area contributed by atoms with Crippen LogP contribution >= 0.6 is 27.5 Å². The van der Waals surface area contributed by atoms with Gasteiger partial charge in [0, 0.05) is 11.0 Å². The molecule has 0 saturated heterocycles. The Labute approximate surface area is 153 Å². The second-order valence-electron chi connectivity index (χ2n) is 5.38. The standard InChI is InChI=1S/C16H14BrClN2O3S/c1-10-3-2-4-14(15(10)18)24(22,23)20-8-7-19-16(21)12-6-5-11(17)9-13(12)20/h2-6,9H,7-8H2,1H3,(H,19,21). The molecule has 0 bridgehead atoms. The number of anilines is 1. The summed E-state index contributed by atoms with van der Waals surface area (Å²) in [5.74, 6) is -0.300. The molecule has 1 aliphatic rings. The van der Waals surface area contributed by atoms with Gasteiger partial charge < -0.3 is 5.32 Å². The monoisotopic (exact) mass is 428 g/mol. The normalized spacial score (nSPS) is 14.8. The molecule has 3 rings (SSSR count). The van der Waals surface area contributed by atoms with Crippen molar-refractivity contribution in [2.45, 2.75) is 11.8 Å². The van der Waals surface area contributed by atoms with Crippen LogP contribution in [0.25, 0.3) is 0 Å².